The van der Waals surface area contributed by atoms with Gasteiger partial charge in [-0.05, 0) is 36.5 Å². The summed E-state index contributed by atoms with van der Waals surface area (Å²) in [7, 11) is 0. The smallest absolute Gasteiger partial charge is 0.257 e. The zero-order valence-corrected chi connectivity index (χ0v) is 18.5. The van der Waals surface area contributed by atoms with Crippen LogP contribution in [0.1, 0.15) is 36.6 Å². The molecule has 0 spiro atoms. The van der Waals surface area contributed by atoms with Gasteiger partial charge in [-0.15, -0.1) is 0 Å². The van der Waals surface area contributed by atoms with Crippen molar-refractivity contribution in [3.05, 3.63) is 51.4 Å². The average molecular weight is 424 g/mol. The SMILES string of the molecule is C[C@H]1CCCN(c2nc3c(c(=O)[nH]2)CN(Cc2ccc(N4CCOCC4)cc2)CC3)C1. The van der Waals surface area contributed by atoms with Gasteiger partial charge in [0.25, 0.3) is 5.56 Å². The van der Waals surface area contributed by atoms with Crippen LogP contribution in [0.2, 0.25) is 0 Å². The molecule has 1 atom stereocenters. The van der Waals surface area contributed by atoms with E-state index in [9.17, 15) is 4.79 Å². The van der Waals surface area contributed by atoms with Gasteiger partial charge in [0, 0.05) is 57.9 Å². The molecule has 0 radical (unpaired) electrons. The largest absolute Gasteiger partial charge is 0.378 e. The summed E-state index contributed by atoms with van der Waals surface area (Å²) in [5, 5.41) is 0. The molecule has 7 nitrogen and oxygen atoms in total. The second kappa shape index (κ2) is 9.01. The lowest BCUT2D eigenvalue weighted by molar-refractivity contribution is 0.122. The number of fused-ring (bicyclic) bond motifs is 1. The molecule has 0 unspecified atom stereocenters. The van der Waals surface area contributed by atoms with E-state index in [2.05, 4.69) is 50.9 Å². The molecule has 7 heteroatoms. The van der Waals surface area contributed by atoms with Crippen LogP contribution in [0.5, 0.6) is 0 Å². The predicted molar refractivity (Wildman–Crippen MR) is 123 cm³/mol. The van der Waals surface area contributed by atoms with E-state index in [1.165, 1.54) is 24.1 Å². The van der Waals surface area contributed by atoms with Crippen LogP contribution in [0.25, 0.3) is 0 Å². The molecule has 0 saturated carbocycles. The first-order chi connectivity index (χ1) is 15.2. The van der Waals surface area contributed by atoms with E-state index in [0.717, 1.165) is 76.1 Å². The number of hydrogen-bond donors (Lipinski definition) is 1. The molecule has 0 aliphatic carbocycles. The quantitative estimate of drug-likeness (QED) is 0.815. The number of nitrogens with one attached hydrogen (secondary N) is 1. The average Bonchev–Trinajstić information content (AvgIpc) is 2.80. The number of morpholine rings is 1. The summed E-state index contributed by atoms with van der Waals surface area (Å²) in [6.45, 7) is 10.2. The van der Waals surface area contributed by atoms with Crippen LogP contribution in [0.15, 0.2) is 29.1 Å². The molecule has 31 heavy (non-hydrogen) atoms. The van der Waals surface area contributed by atoms with E-state index in [1.807, 2.05) is 0 Å². The van der Waals surface area contributed by atoms with Crippen LogP contribution in [-0.4, -0.2) is 60.8 Å². The molecule has 3 aliphatic heterocycles. The molecule has 1 aromatic carbocycles. The summed E-state index contributed by atoms with van der Waals surface area (Å²) < 4.78 is 5.45. The Balaban J connectivity index is 1.25. The fraction of sp³-hybridized carbons (Fsp3) is 0.583. The van der Waals surface area contributed by atoms with E-state index in [-0.39, 0.29) is 5.56 Å². The Morgan fingerprint density at radius 2 is 1.90 bits per heavy atom. The third kappa shape index (κ3) is 4.62. The highest BCUT2D eigenvalue weighted by Crippen LogP contribution is 2.23. The molecule has 4 heterocycles. The monoisotopic (exact) mass is 423 g/mol. The second-order valence-corrected chi connectivity index (χ2v) is 9.23. The van der Waals surface area contributed by atoms with Gasteiger partial charge in [-0.25, -0.2) is 4.98 Å². The van der Waals surface area contributed by atoms with E-state index in [0.29, 0.717) is 12.5 Å². The zero-order chi connectivity index (χ0) is 21.2. The number of aromatic amines is 1. The van der Waals surface area contributed by atoms with Crippen molar-refractivity contribution in [2.24, 2.45) is 5.92 Å². The van der Waals surface area contributed by atoms with Gasteiger partial charge < -0.3 is 14.5 Å². The molecule has 0 amide bonds. The number of anilines is 2. The summed E-state index contributed by atoms with van der Waals surface area (Å²) in [4.78, 5) is 27.8. The van der Waals surface area contributed by atoms with Crippen molar-refractivity contribution in [3.8, 4) is 0 Å². The molecule has 0 bridgehead atoms. The highest BCUT2D eigenvalue weighted by molar-refractivity contribution is 5.48. The molecule has 5 rings (SSSR count). The van der Waals surface area contributed by atoms with Gasteiger partial charge in [-0.1, -0.05) is 19.1 Å². The Bertz CT molecular complexity index is 951. The van der Waals surface area contributed by atoms with Gasteiger partial charge in [-0.2, -0.15) is 0 Å². The van der Waals surface area contributed by atoms with Gasteiger partial charge in [0.1, 0.15) is 0 Å². The summed E-state index contributed by atoms with van der Waals surface area (Å²) >= 11 is 0. The molecule has 1 aromatic heterocycles. The number of piperidine rings is 1. The van der Waals surface area contributed by atoms with Crippen molar-refractivity contribution in [1.82, 2.24) is 14.9 Å². The van der Waals surface area contributed by atoms with Crippen LogP contribution < -0.4 is 15.4 Å². The molecule has 2 saturated heterocycles. The predicted octanol–water partition coefficient (Wildman–Crippen LogP) is 2.40. The van der Waals surface area contributed by atoms with E-state index in [4.69, 9.17) is 9.72 Å². The second-order valence-electron chi connectivity index (χ2n) is 9.23. The number of nitrogens with zero attached hydrogens (tertiary/aromatic N) is 4. The number of hydrogen-bond acceptors (Lipinski definition) is 6. The minimum Gasteiger partial charge on any atom is -0.378 e. The lowest BCUT2D eigenvalue weighted by Gasteiger charge is -2.33. The van der Waals surface area contributed by atoms with Crippen molar-refractivity contribution in [2.75, 3.05) is 55.7 Å². The third-order valence-electron chi connectivity index (χ3n) is 6.81. The van der Waals surface area contributed by atoms with Crippen molar-refractivity contribution in [1.29, 1.82) is 0 Å². The fourth-order valence-electron chi connectivity index (χ4n) is 5.03. The Morgan fingerprint density at radius 3 is 2.68 bits per heavy atom. The first kappa shape index (κ1) is 20.5. The van der Waals surface area contributed by atoms with Crippen LogP contribution in [0.4, 0.5) is 11.6 Å². The number of H-pyrrole nitrogens is 1. The maximum atomic E-state index is 12.9. The van der Waals surface area contributed by atoms with Crippen molar-refractivity contribution in [3.63, 3.8) is 0 Å². The molecule has 2 fully saturated rings. The molecular formula is C24H33N5O2. The molecule has 166 valence electrons. The molecule has 2 aromatic rings. The molecule has 1 N–H and O–H groups in total. The third-order valence-corrected chi connectivity index (χ3v) is 6.81. The summed E-state index contributed by atoms with van der Waals surface area (Å²) in [5.41, 5.74) is 4.39. The lowest BCUT2D eigenvalue weighted by atomic mass is 10.0. The number of benzene rings is 1. The van der Waals surface area contributed by atoms with Gasteiger partial charge in [-0.3, -0.25) is 14.7 Å². The number of ether oxygens (including phenoxy) is 1. The normalized spacial score (nSPS) is 22.4. The van der Waals surface area contributed by atoms with E-state index >= 15 is 0 Å². The highest BCUT2D eigenvalue weighted by Gasteiger charge is 2.24. The standard InChI is InChI=1S/C24H33N5O2/c1-18-3-2-9-29(15-18)24-25-22-8-10-27(17-21(22)23(30)26-24)16-19-4-6-20(7-5-19)28-11-13-31-14-12-28/h4-7,18H,2-3,8-17H2,1H3,(H,25,26,30)/t18-/m0/s1. The fourth-order valence-corrected chi connectivity index (χ4v) is 5.03. The maximum Gasteiger partial charge on any atom is 0.257 e. The van der Waals surface area contributed by atoms with Crippen LogP contribution in [0.3, 0.4) is 0 Å². The Labute approximate surface area is 184 Å². The highest BCUT2D eigenvalue weighted by atomic mass is 16.5. The summed E-state index contributed by atoms with van der Waals surface area (Å²) in [5.74, 6) is 1.42. The molecule has 3 aliphatic rings. The summed E-state index contributed by atoms with van der Waals surface area (Å²) in [6.07, 6.45) is 3.26. The topological polar surface area (TPSA) is 64.7 Å². The zero-order valence-electron chi connectivity index (χ0n) is 18.5. The van der Waals surface area contributed by atoms with Gasteiger partial charge >= 0.3 is 0 Å². The molecular weight excluding hydrogens is 390 g/mol. The first-order valence-corrected chi connectivity index (χ1v) is 11.7. The van der Waals surface area contributed by atoms with Gasteiger partial charge in [0.2, 0.25) is 5.95 Å². The van der Waals surface area contributed by atoms with Crippen LogP contribution >= 0.6 is 0 Å². The van der Waals surface area contributed by atoms with E-state index < -0.39 is 0 Å². The Morgan fingerprint density at radius 1 is 1.10 bits per heavy atom. The number of aromatic nitrogens is 2. The van der Waals surface area contributed by atoms with Crippen LogP contribution in [-0.2, 0) is 24.2 Å². The van der Waals surface area contributed by atoms with Crippen molar-refractivity contribution < 1.29 is 4.74 Å². The van der Waals surface area contributed by atoms with Crippen molar-refractivity contribution >= 4 is 11.6 Å². The minimum absolute atomic E-state index is 0.0330. The van der Waals surface area contributed by atoms with Crippen molar-refractivity contribution in [2.45, 2.75) is 39.3 Å². The number of rotatable bonds is 4. The Hall–Kier alpha value is -2.38. The van der Waals surface area contributed by atoms with E-state index in [1.54, 1.807) is 0 Å². The van der Waals surface area contributed by atoms with Gasteiger partial charge in [0.05, 0.1) is 24.5 Å². The minimum atomic E-state index is 0.0330. The summed E-state index contributed by atoms with van der Waals surface area (Å²) in [6, 6.07) is 8.84. The first-order valence-electron chi connectivity index (χ1n) is 11.7. The maximum absolute atomic E-state index is 12.9. The Kier molecular flexibility index (Phi) is 5.96. The van der Waals surface area contributed by atoms with Crippen LogP contribution in [0, 0.1) is 5.92 Å². The lowest BCUT2D eigenvalue weighted by Crippen LogP contribution is -2.39. The van der Waals surface area contributed by atoms with Gasteiger partial charge in [0.15, 0.2) is 0 Å².